The van der Waals surface area contributed by atoms with Gasteiger partial charge in [-0.2, -0.15) is 0 Å². The first kappa shape index (κ1) is 14.7. The van der Waals surface area contributed by atoms with Crippen molar-refractivity contribution < 1.29 is 4.74 Å². The summed E-state index contributed by atoms with van der Waals surface area (Å²) in [6.07, 6.45) is 9.27. The molecule has 1 aliphatic carbocycles. The van der Waals surface area contributed by atoms with Gasteiger partial charge in [0, 0.05) is 6.04 Å². The second-order valence-corrected chi connectivity index (χ2v) is 5.99. The molecule has 1 atom stereocenters. The maximum atomic E-state index is 6.27. The van der Waals surface area contributed by atoms with Gasteiger partial charge < -0.3 is 10.5 Å². The monoisotopic (exact) mass is 281 g/mol. The van der Waals surface area contributed by atoms with Crippen molar-refractivity contribution in [3.05, 3.63) is 28.8 Å². The van der Waals surface area contributed by atoms with Gasteiger partial charge in [0.2, 0.25) is 0 Å². The smallest absolute Gasteiger partial charge is 0.137 e. The van der Waals surface area contributed by atoms with E-state index in [9.17, 15) is 0 Å². The third kappa shape index (κ3) is 4.12. The average Bonchev–Trinajstić information content (AvgIpc) is 2.45. The van der Waals surface area contributed by atoms with Crippen LogP contribution in [0.2, 0.25) is 5.02 Å². The van der Waals surface area contributed by atoms with Crippen molar-refractivity contribution in [3.63, 3.8) is 0 Å². The Labute approximate surface area is 121 Å². The molecule has 106 valence electrons. The van der Waals surface area contributed by atoms with E-state index in [4.69, 9.17) is 22.1 Å². The predicted octanol–water partition coefficient (Wildman–Crippen LogP) is 4.71. The third-order valence-corrected chi connectivity index (χ3v) is 4.51. The van der Waals surface area contributed by atoms with Crippen molar-refractivity contribution in [2.75, 3.05) is 7.11 Å². The Morgan fingerprint density at radius 1 is 1.32 bits per heavy atom. The van der Waals surface area contributed by atoms with E-state index in [1.807, 2.05) is 18.2 Å². The Bertz CT molecular complexity index is 402. The van der Waals surface area contributed by atoms with E-state index in [0.29, 0.717) is 10.8 Å². The Morgan fingerprint density at radius 3 is 2.68 bits per heavy atom. The third-order valence-electron chi connectivity index (χ3n) is 4.21. The lowest BCUT2D eigenvalue weighted by molar-refractivity contribution is 0.324. The zero-order valence-electron chi connectivity index (χ0n) is 11.7. The zero-order valence-corrected chi connectivity index (χ0v) is 12.5. The van der Waals surface area contributed by atoms with Gasteiger partial charge in [0.25, 0.3) is 0 Å². The first-order chi connectivity index (χ1) is 9.20. The molecule has 0 amide bonds. The zero-order chi connectivity index (χ0) is 13.7. The Hall–Kier alpha value is -0.730. The molecule has 19 heavy (non-hydrogen) atoms. The highest BCUT2D eigenvalue weighted by molar-refractivity contribution is 6.32. The minimum atomic E-state index is 0.0883. The minimum Gasteiger partial charge on any atom is -0.495 e. The molecule has 0 spiro atoms. The molecule has 0 bridgehead atoms. The minimum absolute atomic E-state index is 0.0883. The highest BCUT2D eigenvalue weighted by atomic mass is 35.5. The number of hydrogen-bond donors (Lipinski definition) is 1. The summed E-state index contributed by atoms with van der Waals surface area (Å²) in [6.45, 7) is 0. The molecule has 2 N–H and O–H groups in total. The molecule has 1 unspecified atom stereocenters. The second-order valence-electron chi connectivity index (χ2n) is 5.58. The van der Waals surface area contributed by atoms with Gasteiger partial charge in [0.1, 0.15) is 5.75 Å². The topological polar surface area (TPSA) is 35.2 Å². The Morgan fingerprint density at radius 2 is 2.05 bits per heavy atom. The summed E-state index contributed by atoms with van der Waals surface area (Å²) in [6, 6.07) is 5.95. The molecular formula is C16H24ClNO. The van der Waals surface area contributed by atoms with Crippen LogP contribution in [0, 0.1) is 5.92 Å². The van der Waals surface area contributed by atoms with Crippen LogP contribution in [0.25, 0.3) is 0 Å². The van der Waals surface area contributed by atoms with Crippen molar-refractivity contribution in [3.8, 4) is 5.75 Å². The van der Waals surface area contributed by atoms with Gasteiger partial charge in [-0.25, -0.2) is 0 Å². The predicted molar refractivity (Wildman–Crippen MR) is 80.7 cm³/mol. The lowest BCUT2D eigenvalue weighted by Gasteiger charge is -2.23. The molecule has 1 aliphatic rings. The molecule has 2 rings (SSSR count). The molecule has 0 radical (unpaired) electrons. The molecule has 0 aliphatic heterocycles. The van der Waals surface area contributed by atoms with Crippen LogP contribution in [-0.4, -0.2) is 7.11 Å². The molecule has 1 saturated carbocycles. The summed E-state index contributed by atoms with van der Waals surface area (Å²) in [5.74, 6) is 1.60. The average molecular weight is 282 g/mol. The molecular weight excluding hydrogens is 258 g/mol. The fraction of sp³-hybridized carbons (Fsp3) is 0.625. The summed E-state index contributed by atoms with van der Waals surface area (Å²) in [5, 5.41) is 0.646. The number of nitrogens with two attached hydrogens (primary N) is 1. The SMILES string of the molecule is COc1ccc(C(N)CCC2CCCCC2)cc1Cl. The van der Waals surface area contributed by atoms with Crippen LogP contribution in [0.15, 0.2) is 18.2 Å². The standard InChI is InChI=1S/C16H24ClNO/c1-19-16-10-8-13(11-14(16)17)15(18)9-7-12-5-3-2-4-6-12/h8,10-12,15H,2-7,9,18H2,1H3. The first-order valence-electron chi connectivity index (χ1n) is 7.29. The van der Waals surface area contributed by atoms with Crippen LogP contribution in [0.5, 0.6) is 5.75 Å². The lowest BCUT2D eigenvalue weighted by atomic mass is 9.84. The fourth-order valence-corrected chi connectivity index (χ4v) is 3.24. The molecule has 0 saturated heterocycles. The summed E-state index contributed by atoms with van der Waals surface area (Å²) >= 11 is 6.14. The van der Waals surface area contributed by atoms with Crippen LogP contribution in [-0.2, 0) is 0 Å². The van der Waals surface area contributed by atoms with E-state index in [2.05, 4.69) is 0 Å². The largest absolute Gasteiger partial charge is 0.495 e. The van der Waals surface area contributed by atoms with Crippen molar-refractivity contribution in [1.82, 2.24) is 0 Å². The van der Waals surface area contributed by atoms with Crippen LogP contribution >= 0.6 is 11.6 Å². The quantitative estimate of drug-likeness (QED) is 0.848. The normalized spacial score (nSPS) is 18.3. The Kier molecular flexibility index (Phi) is 5.53. The molecule has 2 nitrogen and oxygen atoms in total. The van der Waals surface area contributed by atoms with E-state index >= 15 is 0 Å². The summed E-state index contributed by atoms with van der Waals surface area (Å²) < 4.78 is 5.16. The first-order valence-corrected chi connectivity index (χ1v) is 7.67. The van der Waals surface area contributed by atoms with Crippen LogP contribution in [0.3, 0.4) is 0 Å². The molecule has 1 aromatic carbocycles. The van der Waals surface area contributed by atoms with Gasteiger partial charge in [-0.1, -0.05) is 49.8 Å². The number of hydrogen-bond acceptors (Lipinski definition) is 2. The Balaban J connectivity index is 1.88. The molecule has 0 aromatic heterocycles. The lowest BCUT2D eigenvalue weighted by Crippen LogP contribution is -2.14. The molecule has 3 heteroatoms. The van der Waals surface area contributed by atoms with E-state index in [-0.39, 0.29) is 6.04 Å². The molecule has 1 fully saturated rings. The van der Waals surface area contributed by atoms with Gasteiger partial charge in [-0.15, -0.1) is 0 Å². The number of halogens is 1. The summed E-state index contributed by atoms with van der Waals surface area (Å²) in [5.41, 5.74) is 7.39. The maximum absolute atomic E-state index is 6.27. The number of ether oxygens (including phenoxy) is 1. The molecule has 1 aromatic rings. The van der Waals surface area contributed by atoms with Gasteiger partial charge in [0.05, 0.1) is 12.1 Å². The van der Waals surface area contributed by atoms with E-state index in [1.54, 1.807) is 7.11 Å². The highest BCUT2D eigenvalue weighted by Gasteiger charge is 2.16. The van der Waals surface area contributed by atoms with Crippen LogP contribution in [0.4, 0.5) is 0 Å². The van der Waals surface area contributed by atoms with Gasteiger partial charge >= 0.3 is 0 Å². The number of benzene rings is 1. The van der Waals surface area contributed by atoms with E-state index in [1.165, 1.54) is 38.5 Å². The summed E-state index contributed by atoms with van der Waals surface area (Å²) in [7, 11) is 1.63. The van der Waals surface area contributed by atoms with Gasteiger partial charge in [0.15, 0.2) is 0 Å². The van der Waals surface area contributed by atoms with Crippen LogP contribution in [0.1, 0.15) is 56.6 Å². The van der Waals surface area contributed by atoms with Gasteiger partial charge in [-0.3, -0.25) is 0 Å². The summed E-state index contributed by atoms with van der Waals surface area (Å²) in [4.78, 5) is 0. The van der Waals surface area contributed by atoms with E-state index in [0.717, 1.165) is 17.9 Å². The van der Waals surface area contributed by atoms with Gasteiger partial charge in [-0.05, 0) is 36.5 Å². The number of methoxy groups -OCH3 is 1. The molecule has 0 heterocycles. The maximum Gasteiger partial charge on any atom is 0.137 e. The van der Waals surface area contributed by atoms with Crippen molar-refractivity contribution in [2.45, 2.75) is 51.0 Å². The van der Waals surface area contributed by atoms with Crippen molar-refractivity contribution >= 4 is 11.6 Å². The van der Waals surface area contributed by atoms with Crippen molar-refractivity contribution in [1.29, 1.82) is 0 Å². The van der Waals surface area contributed by atoms with Crippen molar-refractivity contribution in [2.24, 2.45) is 11.7 Å². The van der Waals surface area contributed by atoms with Crippen LogP contribution < -0.4 is 10.5 Å². The number of rotatable bonds is 5. The fourth-order valence-electron chi connectivity index (χ4n) is 2.97. The van der Waals surface area contributed by atoms with E-state index < -0.39 is 0 Å². The second kappa shape index (κ2) is 7.16. The highest BCUT2D eigenvalue weighted by Crippen LogP contribution is 2.32.